The van der Waals surface area contributed by atoms with Crippen LogP contribution in [0.25, 0.3) is 86.2 Å². The Morgan fingerprint density at radius 3 is 0.871 bits per heavy atom. The van der Waals surface area contributed by atoms with Crippen molar-refractivity contribution in [2.45, 2.75) is 13.8 Å². The molecular weight excluding hydrogens is 749 g/mol. The summed E-state index contributed by atoms with van der Waals surface area (Å²) in [5, 5.41) is 20.6. The van der Waals surface area contributed by atoms with Crippen LogP contribution in [-0.4, -0.2) is 0 Å². The summed E-state index contributed by atoms with van der Waals surface area (Å²) in [6.45, 7) is 4.29. The van der Waals surface area contributed by atoms with Gasteiger partial charge in [0.25, 0.3) is 0 Å². The van der Waals surface area contributed by atoms with Crippen LogP contribution in [0.15, 0.2) is 206 Å². The Kier molecular flexibility index (Phi) is 7.47. The molecule has 0 saturated carbocycles. The van der Waals surface area contributed by atoms with Crippen molar-refractivity contribution in [2.24, 2.45) is 0 Å². The fourth-order valence-corrected chi connectivity index (χ4v) is 10.6. The normalized spacial score (nSPS) is 12.0. The monoisotopic (exact) mass is 788 g/mol. The van der Waals surface area contributed by atoms with Gasteiger partial charge in [-0.3, -0.25) is 0 Å². The van der Waals surface area contributed by atoms with Gasteiger partial charge in [0.2, 0.25) is 0 Å². The molecule has 13 aromatic rings. The van der Waals surface area contributed by atoms with Gasteiger partial charge >= 0.3 is 0 Å². The van der Waals surface area contributed by atoms with Crippen LogP contribution < -0.4 is 9.80 Å². The fourth-order valence-electron chi connectivity index (χ4n) is 10.6. The number of nitrogens with zero attached hydrogens (tertiary/aromatic N) is 2. The van der Waals surface area contributed by atoms with Crippen LogP contribution >= 0.6 is 0 Å². The third kappa shape index (κ3) is 5.04. The van der Waals surface area contributed by atoms with Crippen molar-refractivity contribution in [2.75, 3.05) is 9.80 Å². The number of hydrogen-bond acceptors (Lipinski definition) is 2. The molecular formula is C60H40N2. The Morgan fingerprint density at radius 2 is 0.500 bits per heavy atom. The molecule has 0 heterocycles. The molecule has 0 atom stereocenters. The third-order valence-electron chi connectivity index (χ3n) is 13.4. The van der Waals surface area contributed by atoms with Gasteiger partial charge in [0.15, 0.2) is 0 Å². The Labute approximate surface area is 359 Å². The van der Waals surface area contributed by atoms with E-state index >= 15 is 0 Å². The van der Waals surface area contributed by atoms with Crippen molar-refractivity contribution >= 4 is 120 Å². The quantitative estimate of drug-likeness (QED) is 0.122. The highest BCUT2D eigenvalue weighted by Crippen LogP contribution is 2.50. The number of benzene rings is 13. The molecule has 0 spiro atoms. The number of aryl methyl sites for hydroxylation is 2. The molecule has 0 N–H and O–H groups in total. The van der Waals surface area contributed by atoms with Crippen molar-refractivity contribution in [1.82, 2.24) is 0 Å². The predicted molar refractivity (Wildman–Crippen MR) is 268 cm³/mol. The van der Waals surface area contributed by atoms with E-state index < -0.39 is 0 Å². The molecule has 0 fully saturated rings. The summed E-state index contributed by atoms with van der Waals surface area (Å²) in [5.74, 6) is 0. The lowest BCUT2D eigenvalue weighted by Crippen LogP contribution is -2.13. The van der Waals surface area contributed by atoms with Crippen LogP contribution in [0.3, 0.4) is 0 Å². The average molecular weight is 789 g/mol. The summed E-state index contributed by atoms with van der Waals surface area (Å²) < 4.78 is 0. The van der Waals surface area contributed by atoms with Gasteiger partial charge in [0, 0.05) is 33.5 Å². The summed E-state index contributed by atoms with van der Waals surface area (Å²) in [4.78, 5) is 4.87. The van der Waals surface area contributed by atoms with Gasteiger partial charge in [-0.15, -0.1) is 0 Å². The smallest absolute Gasteiger partial charge is 0.0540 e. The SMILES string of the molecule is Cc1ccc(N(c2ccc(C)cc2)c2ccc(N(c3ccc4c5cccc6cccc(c7cccc3c74)c65)c3ccc4c5cccc6cccc(c7cccc3c74)c65)cc2)cc1. The minimum atomic E-state index is 1.10. The van der Waals surface area contributed by atoms with Crippen molar-refractivity contribution in [3.8, 4) is 0 Å². The van der Waals surface area contributed by atoms with Gasteiger partial charge in [-0.25, -0.2) is 0 Å². The first-order valence-corrected chi connectivity index (χ1v) is 21.6. The standard InChI is InChI=1S/C60H40N2/c1-37-21-25-41(26-22-37)61(42-27-23-38(2)24-28-42)43-29-31-44(32-30-43)62(55-35-33-51-47-15-5-11-39-9-3-13-45(57(39)47)49-17-7-19-53(55)59(49)51)56-36-34-52-48-16-6-12-40-10-4-14-46(58(40)48)50-18-8-20-54(56)60(50)52/h3-36H,1-2H3. The van der Waals surface area contributed by atoms with E-state index in [1.54, 1.807) is 0 Å². The van der Waals surface area contributed by atoms with Gasteiger partial charge in [0.05, 0.1) is 11.4 Å². The maximum absolute atomic E-state index is 2.51. The van der Waals surface area contributed by atoms with E-state index in [1.165, 1.54) is 97.3 Å². The Hall–Kier alpha value is -7.94. The summed E-state index contributed by atoms with van der Waals surface area (Å²) in [5.41, 5.74) is 9.24. The molecule has 0 aliphatic carbocycles. The summed E-state index contributed by atoms with van der Waals surface area (Å²) in [6, 6.07) is 77.0. The molecule has 2 heteroatoms. The fraction of sp³-hybridized carbons (Fsp3) is 0.0333. The van der Waals surface area contributed by atoms with Gasteiger partial charge in [-0.2, -0.15) is 0 Å². The van der Waals surface area contributed by atoms with Crippen LogP contribution in [-0.2, 0) is 0 Å². The van der Waals surface area contributed by atoms with E-state index in [0.29, 0.717) is 0 Å². The lowest BCUT2D eigenvalue weighted by molar-refractivity contribution is 1.26. The number of fused-ring (bicyclic) bond motifs is 4. The van der Waals surface area contributed by atoms with Crippen LogP contribution in [0.1, 0.15) is 11.1 Å². The predicted octanol–water partition coefficient (Wildman–Crippen LogP) is 17.3. The van der Waals surface area contributed by atoms with E-state index in [0.717, 1.165) is 34.1 Å². The first kappa shape index (κ1) is 34.9. The molecule has 13 aromatic carbocycles. The largest absolute Gasteiger partial charge is 0.311 e. The molecule has 0 aromatic heterocycles. The minimum Gasteiger partial charge on any atom is -0.311 e. The topological polar surface area (TPSA) is 6.48 Å². The first-order valence-electron chi connectivity index (χ1n) is 21.6. The van der Waals surface area contributed by atoms with E-state index in [9.17, 15) is 0 Å². The van der Waals surface area contributed by atoms with E-state index in [2.05, 4.69) is 230 Å². The second kappa shape index (κ2) is 13.3. The van der Waals surface area contributed by atoms with Crippen LogP contribution in [0, 0.1) is 13.8 Å². The van der Waals surface area contributed by atoms with E-state index in [4.69, 9.17) is 0 Å². The lowest BCUT2D eigenvalue weighted by atomic mass is 9.88. The van der Waals surface area contributed by atoms with Crippen LogP contribution in [0.5, 0.6) is 0 Å². The molecule has 0 amide bonds. The summed E-state index contributed by atoms with van der Waals surface area (Å²) >= 11 is 0. The van der Waals surface area contributed by atoms with Gasteiger partial charge < -0.3 is 9.80 Å². The molecule has 0 aliphatic heterocycles. The van der Waals surface area contributed by atoms with Crippen molar-refractivity contribution in [1.29, 1.82) is 0 Å². The Morgan fingerprint density at radius 1 is 0.226 bits per heavy atom. The maximum Gasteiger partial charge on any atom is 0.0540 e. The van der Waals surface area contributed by atoms with Crippen LogP contribution in [0.4, 0.5) is 34.1 Å². The zero-order chi connectivity index (χ0) is 41.1. The summed E-state index contributed by atoms with van der Waals surface area (Å²) in [6.07, 6.45) is 0. The second-order valence-corrected chi connectivity index (χ2v) is 17.0. The molecule has 62 heavy (non-hydrogen) atoms. The molecule has 0 aliphatic rings. The zero-order valence-corrected chi connectivity index (χ0v) is 34.5. The number of rotatable bonds is 6. The number of anilines is 6. The van der Waals surface area contributed by atoms with Crippen LogP contribution in [0.2, 0.25) is 0 Å². The Bertz CT molecular complexity index is 3530. The first-order chi connectivity index (χ1) is 30.6. The minimum absolute atomic E-state index is 1.10. The highest BCUT2D eigenvalue weighted by atomic mass is 15.2. The van der Waals surface area contributed by atoms with Gasteiger partial charge in [-0.05, 0) is 150 Å². The molecule has 2 nitrogen and oxygen atoms in total. The molecule has 0 saturated heterocycles. The highest BCUT2D eigenvalue weighted by molar-refractivity contribution is 6.36. The van der Waals surface area contributed by atoms with Crippen molar-refractivity contribution in [3.05, 3.63) is 217 Å². The van der Waals surface area contributed by atoms with Crippen molar-refractivity contribution in [3.63, 3.8) is 0 Å². The zero-order valence-electron chi connectivity index (χ0n) is 34.5. The molecule has 0 radical (unpaired) electrons. The van der Waals surface area contributed by atoms with E-state index in [1.807, 2.05) is 0 Å². The maximum atomic E-state index is 2.51. The highest BCUT2D eigenvalue weighted by Gasteiger charge is 2.24. The molecule has 290 valence electrons. The summed E-state index contributed by atoms with van der Waals surface area (Å²) in [7, 11) is 0. The van der Waals surface area contributed by atoms with Crippen molar-refractivity contribution < 1.29 is 0 Å². The molecule has 0 bridgehead atoms. The molecule has 0 unspecified atom stereocenters. The average Bonchev–Trinajstić information content (AvgIpc) is 3.32. The third-order valence-corrected chi connectivity index (χ3v) is 13.4. The lowest BCUT2D eigenvalue weighted by Gasteiger charge is -2.31. The van der Waals surface area contributed by atoms with Gasteiger partial charge in [0.1, 0.15) is 0 Å². The number of hydrogen-bond donors (Lipinski definition) is 0. The van der Waals surface area contributed by atoms with E-state index in [-0.39, 0.29) is 0 Å². The van der Waals surface area contributed by atoms with Gasteiger partial charge in [-0.1, -0.05) is 157 Å². The Balaban J connectivity index is 1.09. The second-order valence-electron chi connectivity index (χ2n) is 17.0. The molecule has 13 rings (SSSR count).